The Morgan fingerprint density at radius 1 is 0.895 bits per heavy atom. The lowest BCUT2D eigenvalue weighted by Gasteiger charge is -2.21. The quantitative estimate of drug-likeness (QED) is 0.0852. The largest absolute Gasteiger partial charge is 0.457 e. The molecule has 0 aromatic heterocycles. The van der Waals surface area contributed by atoms with Gasteiger partial charge in [0, 0.05) is 11.9 Å². The molecule has 3 atom stereocenters. The molecule has 1 saturated carbocycles. The van der Waals surface area contributed by atoms with Crippen molar-refractivity contribution in [1.29, 1.82) is 0 Å². The lowest BCUT2D eigenvalue weighted by Crippen LogP contribution is -2.19. The number of unbranched alkanes of at least 4 members (excludes halogenated alkanes) is 8. The second-order valence-electron chi connectivity index (χ2n) is 11.2. The van der Waals surface area contributed by atoms with Gasteiger partial charge in [-0.15, -0.1) is 0 Å². The van der Waals surface area contributed by atoms with E-state index in [0.717, 1.165) is 18.8 Å². The van der Waals surface area contributed by atoms with Gasteiger partial charge in [0.1, 0.15) is 0 Å². The van der Waals surface area contributed by atoms with Crippen LogP contribution in [0.3, 0.4) is 0 Å². The smallest absolute Gasteiger partial charge is 0.435 e. The van der Waals surface area contributed by atoms with Crippen LogP contribution in [0.25, 0.3) is 0 Å². The maximum atomic E-state index is 12.1. The van der Waals surface area contributed by atoms with Crippen molar-refractivity contribution in [3.63, 3.8) is 0 Å². The second kappa shape index (κ2) is 23.6. The molecule has 0 aromatic carbocycles. The summed E-state index contributed by atoms with van der Waals surface area (Å²) in [6.45, 7) is 6.63. The van der Waals surface area contributed by atoms with Crippen molar-refractivity contribution in [2.75, 3.05) is 25.6 Å². The van der Waals surface area contributed by atoms with Crippen LogP contribution >= 0.6 is 19.4 Å². The molecular weight excluding hydrogens is 519 g/mol. The molecule has 6 nitrogen and oxygen atoms in total. The van der Waals surface area contributed by atoms with Gasteiger partial charge < -0.3 is 14.4 Å². The normalized spacial score (nSPS) is 17.7. The summed E-state index contributed by atoms with van der Waals surface area (Å²) in [5.74, 6) is 2.22. The van der Waals surface area contributed by atoms with E-state index in [9.17, 15) is 14.3 Å². The molecule has 38 heavy (non-hydrogen) atoms. The Morgan fingerprint density at radius 3 is 2.32 bits per heavy atom. The van der Waals surface area contributed by atoms with Crippen LogP contribution in [-0.2, 0) is 18.6 Å². The van der Waals surface area contributed by atoms with Crippen molar-refractivity contribution in [2.45, 2.75) is 154 Å². The van der Waals surface area contributed by atoms with E-state index >= 15 is 0 Å². The van der Waals surface area contributed by atoms with Gasteiger partial charge in [0.15, 0.2) is 0 Å². The fraction of sp³-hybridized carbons (Fsp3) is 0.967. The second-order valence-corrected chi connectivity index (χ2v) is 14.2. The SMILES string of the molecule is CCCCCCCC(CCOC(C)COP(=O)(O)C(=O)OCCCC)SCCCCCCC1CCCCC1. The maximum absolute atomic E-state index is 12.1. The third-order valence-electron chi connectivity index (χ3n) is 7.50. The van der Waals surface area contributed by atoms with Crippen molar-refractivity contribution >= 4 is 25.1 Å². The molecule has 0 radical (unpaired) electrons. The number of ether oxygens (including phenoxy) is 2. The monoisotopic (exact) mass is 578 g/mol. The standard InChI is InChI=1S/C30H59O6PS/c1-4-6-8-9-16-21-29(38-25-17-11-10-13-18-28-19-14-12-15-20-28)22-24-34-27(3)26-36-37(32,33)30(31)35-23-7-5-2/h27-29H,4-26H2,1-3H3,(H,32,33). The highest BCUT2D eigenvalue weighted by molar-refractivity contribution is 7.99. The summed E-state index contributed by atoms with van der Waals surface area (Å²) in [4.78, 5) is 21.6. The first kappa shape index (κ1) is 36.0. The Balaban J connectivity index is 2.25. The van der Waals surface area contributed by atoms with E-state index in [1.54, 1.807) is 0 Å². The van der Waals surface area contributed by atoms with Gasteiger partial charge >= 0.3 is 13.3 Å². The van der Waals surface area contributed by atoms with Crippen LogP contribution in [0.2, 0.25) is 0 Å². The predicted molar refractivity (Wildman–Crippen MR) is 161 cm³/mol. The van der Waals surface area contributed by atoms with Crippen LogP contribution in [0.5, 0.6) is 0 Å². The highest BCUT2D eigenvalue weighted by Crippen LogP contribution is 2.44. The molecule has 1 rings (SSSR count). The van der Waals surface area contributed by atoms with Crippen molar-refractivity contribution in [3.05, 3.63) is 0 Å². The number of carbonyl (C=O) groups excluding carboxylic acids is 1. The summed E-state index contributed by atoms with van der Waals surface area (Å²) in [5.41, 5.74) is -1.17. The Hall–Kier alpha value is -0.0700. The van der Waals surface area contributed by atoms with Crippen LogP contribution in [0.15, 0.2) is 0 Å². The number of rotatable bonds is 25. The molecule has 0 heterocycles. The third-order valence-corrected chi connectivity index (χ3v) is 10.1. The minimum absolute atomic E-state index is 0.105. The van der Waals surface area contributed by atoms with Gasteiger partial charge in [-0.2, -0.15) is 11.8 Å². The first-order chi connectivity index (χ1) is 18.4. The van der Waals surface area contributed by atoms with Crippen molar-refractivity contribution in [2.24, 2.45) is 5.92 Å². The summed E-state index contributed by atoms with van der Waals surface area (Å²) in [5, 5.41) is 0.587. The number of thioether (sulfide) groups is 1. The Kier molecular flexibility index (Phi) is 22.3. The molecule has 0 spiro atoms. The molecule has 226 valence electrons. The molecule has 0 bridgehead atoms. The highest BCUT2D eigenvalue weighted by atomic mass is 32.2. The van der Waals surface area contributed by atoms with E-state index in [1.807, 2.05) is 13.8 Å². The fourth-order valence-electron chi connectivity index (χ4n) is 4.99. The first-order valence-electron chi connectivity index (χ1n) is 15.8. The van der Waals surface area contributed by atoms with Crippen molar-refractivity contribution in [3.8, 4) is 0 Å². The summed E-state index contributed by atoms with van der Waals surface area (Å²) < 4.78 is 27.8. The Bertz CT molecular complexity index is 614. The van der Waals surface area contributed by atoms with Gasteiger partial charge in [-0.1, -0.05) is 110 Å². The van der Waals surface area contributed by atoms with E-state index in [-0.39, 0.29) is 19.3 Å². The van der Waals surface area contributed by atoms with Crippen LogP contribution < -0.4 is 0 Å². The van der Waals surface area contributed by atoms with Crippen LogP contribution in [0, 0.1) is 5.92 Å². The zero-order chi connectivity index (χ0) is 27.9. The first-order valence-corrected chi connectivity index (χ1v) is 18.4. The van der Waals surface area contributed by atoms with E-state index in [0.29, 0.717) is 18.3 Å². The van der Waals surface area contributed by atoms with Crippen LogP contribution in [0.1, 0.15) is 143 Å². The van der Waals surface area contributed by atoms with Gasteiger partial charge in [-0.25, -0.2) is 9.36 Å². The summed E-state index contributed by atoms with van der Waals surface area (Å²) >= 11 is 2.10. The zero-order valence-corrected chi connectivity index (χ0v) is 26.6. The Labute approximate surface area is 238 Å². The van der Waals surface area contributed by atoms with E-state index in [4.69, 9.17) is 14.0 Å². The molecule has 1 aliphatic rings. The molecule has 0 aromatic rings. The van der Waals surface area contributed by atoms with E-state index in [2.05, 4.69) is 18.7 Å². The molecule has 3 unspecified atom stereocenters. The summed E-state index contributed by atoms with van der Waals surface area (Å²) in [7, 11) is -4.43. The molecule has 0 amide bonds. The number of carbonyl (C=O) groups is 1. The van der Waals surface area contributed by atoms with Gasteiger partial charge in [-0.3, -0.25) is 4.52 Å². The summed E-state index contributed by atoms with van der Waals surface area (Å²) in [6.07, 6.45) is 24.0. The number of hydrogen-bond acceptors (Lipinski definition) is 6. The predicted octanol–water partition coefficient (Wildman–Crippen LogP) is 9.91. The average Bonchev–Trinajstić information content (AvgIpc) is 2.91. The van der Waals surface area contributed by atoms with Gasteiger partial charge in [0.2, 0.25) is 0 Å². The summed E-state index contributed by atoms with van der Waals surface area (Å²) in [6, 6.07) is 0. The van der Waals surface area contributed by atoms with E-state index < -0.39 is 13.3 Å². The van der Waals surface area contributed by atoms with Crippen molar-refractivity contribution < 1.29 is 28.3 Å². The lowest BCUT2D eigenvalue weighted by atomic mass is 9.85. The average molecular weight is 579 g/mol. The van der Waals surface area contributed by atoms with Crippen molar-refractivity contribution in [1.82, 2.24) is 0 Å². The number of hydrogen-bond donors (Lipinski definition) is 1. The Morgan fingerprint density at radius 2 is 1.58 bits per heavy atom. The molecule has 1 N–H and O–H groups in total. The highest BCUT2D eigenvalue weighted by Gasteiger charge is 2.33. The topological polar surface area (TPSA) is 82.1 Å². The lowest BCUT2D eigenvalue weighted by molar-refractivity contribution is 0.0274. The van der Waals surface area contributed by atoms with Crippen LogP contribution in [-0.4, -0.2) is 47.5 Å². The minimum Gasteiger partial charge on any atom is -0.457 e. The fourth-order valence-corrected chi connectivity index (χ4v) is 7.07. The van der Waals surface area contributed by atoms with Gasteiger partial charge in [0.05, 0.1) is 19.3 Å². The molecule has 1 aliphatic carbocycles. The maximum Gasteiger partial charge on any atom is 0.435 e. The molecule has 1 fully saturated rings. The zero-order valence-electron chi connectivity index (χ0n) is 24.8. The van der Waals surface area contributed by atoms with Gasteiger partial charge in [-0.05, 0) is 44.3 Å². The molecule has 0 saturated heterocycles. The van der Waals surface area contributed by atoms with Gasteiger partial charge in [0.25, 0.3) is 0 Å². The molecular formula is C30H59O6PS. The minimum atomic E-state index is -4.43. The van der Waals surface area contributed by atoms with Crippen LogP contribution in [0.4, 0.5) is 4.79 Å². The van der Waals surface area contributed by atoms with E-state index in [1.165, 1.54) is 108 Å². The molecule has 0 aliphatic heterocycles. The molecule has 8 heteroatoms. The third kappa shape index (κ3) is 19.1.